The van der Waals surface area contributed by atoms with Gasteiger partial charge in [-0.25, -0.2) is 14.2 Å². The Morgan fingerprint density at radius 2 is 1.93 bits per heavy atom. The number of hydrogen-bond acceptors (Lipinski definition) is 6. The van der Waals surface area contributed by atoms with Gasteiger partial charge in [0, 0.05) is 31.8 Å². The molecule has 3 N–H and O–H groups in total. The highest BCUT2D eigenvalue weighted by Crippen LogP contribution is 2.33. The molecule has 0 radical (unpaired) electrons. The lowest BCUT2D eigenvalue weighted by atomic mass is 9.91. The maximum absolute atomic E-state index is 13.3. The molecule has 0 aliphatic carbocycles. The minimum atomic E-state index is -4.76. The van der Waals surface area contributed by atoms with E-state index in [1.165, 1.54) is 17.0 Å². The van der Waals surface area contributed by atoms with Crippen LogP contribution in [0.1, 0.15) is 18.5 Å². The van der Waals surface area contributed by atoms with E-state index in [9.17, 15) is 27.5 Å². The predicted molar refractivity (Wildman–Crippen MR) is 95.9 cm³/mol. The molecule has 30 heavy (non-hydrogen) atoms. The Bertz CT molecular complexity index is 917. The standard InChI is InChI=1S/C18H18F4N4O4/c19-11-2-1-3-12(8-11)30-14-9-13(18(20,21)22)24-15(25-14)26-6-4-17(29,5-7-26)10-23-16(27)28/h1-3,8-9,23,29H,4-7,10H2,(H,27,28). The number of ether oxygens (including phenoxy) is 1. The van der Waals surface area contributed by atoms with E-state index in [1.807, 2.05) is 0 Å². The summed E-state index contributed by atoms with van der Waals surface area (Å²) >= 11 is 0. The molecule has 2 aromatic rings. The van der Waals surface area contributed by atoms with Crippen molar-refractivity contribution in [3.05, 3.63) is 41.8 Å². The monoisotopic (exact) mass is 430 g/mol. The minimum Gasteiger partial charge on any atom is -0.465 e. The van der Waals surface area contributed by atoms with Gasteiger partial charge in [-0.2, -0.15) is 18.2 Å². The molecule has 1 aliphatic rings. The number of carbonyl (C=O) groups is 1. The van der Waals surface area contributed by atoms with Gasteiger partial charge in [0.05, 0.1) is 5.60 Å². The van der Waals surface area contributed by atoms with Gasteiger partial charge in [-0.05, 0) is 25.0 Å². The van der Waals surface area contributed by atoms with Gasteiger partial charge in [0.1, 0.15) is 11.6 Å². The van der Waals surface area contributed by atoms with Crippen molar-refractivity contribution in [1.29, 1.82) is 0 Å². The van der Waals surface area contributed by atoms with Crippen LogP contribution in [0.25, 0.3) is 0 Å². The normalized spacial score (nSPS) is 16.2. The fraction of sp³-hybridized carbons (Fsp3) is 0.389. The molecule has 12 heteroatoms. The molecule has 1 fully saturated rings. The van der Waals surface area contributed by atoms with E-state index in [-0.39, 0.29) is 44.2 Å². The first-order valence-corrected chi connectivity index (χ1v) is 8.88. The van der Waals surface area contributed by atoms with E-state index in [0.29, 0.717) is 6.07 Å². The lowest BCUT2D eigenvalue weighted by Gasteiger charge is -2.38. The molecule has 3 rings (SSSR count). The Labute approximate surface area is 168 Å². The Morgan fingerprint density at radius 3 is 2.53 bits per heavy atom. The number of piperidine rings is 1. The molecule has 8 nitrogen and oxygen atoms in total. The number of hydrogen-bond donors (Lipinski definition) is 3. The zero-order valence-electron chi connectivity index (χ0n) is 15.5. The van der Waals surface area contributed by atoms with Crippen LogP contribution in [0, 0.1) is 5.82 Å². The SMILES string of the molecule is O=C(O)NCC1(O)CCN(c2nc(Oc3cccc(F)c3)cc(C(F)(F)F)n2)CC1. The van der Waals surface area contributed by atoms with Crippen molar-refractivity contribution >= 4 is 12.0 Å². The molecule has 1 aromatic heterocycles. The van der Waals surface area contributed by atoms with Crippen LogP contribution in [0.15, 0.2) is 30.3 Å². The Morgan fingerprint density at radius 1 is 1.23 bits per heavy atom. The lowest BCUT2D eigenvalue weighted by molar-refractivity contribution is -0.141. The van der Waals surface area contributed by atoms with Gasteiger partial charge in [-0.3, -0.25) is 0 Å². The number of aliphatic hydroxyl groups is 1. The van der Waals surface area contributed by atoms with Crippen LogP contribution in [0.2, 0.25) is 0 Å². The van der Waals surface area contributed by atoms with Crippen molar-refractivity contribution in [2.45, 2.75) is 24.6 Å². The third-order valence-corrected chi connectivity index (χ3v) is 4.55. The van der Waals surface area contributed by atoms with Gasteiger partial charge < -0.3 is 25.2 Å². The summed E-state index contributed by atoms with van der Waals surface area (Å²) in [6.45, 7) is -0.00934. The first kappa shape index (κ1) is 21.6. The van der Waals surface area contributed by atoms with Crippen molar-refractivity contribution in [3.63, 3.8) is 0 Å². The van der Waals surface area contributed by atoms with Crippen molar-refractivity contribution < 1.29 is 37.3 Å². The van der Waals surface area contributed by atoms with Crippen molar-refractivity contribution in [1.82, 2.24) is 15.3 Å². The summed E-state index contributed by atoms with van der Waals surface area (Å²) in [6.07, 6.45) is -5.87. The van der Waals surface area contributed by atoms with Crippen LogP contribution in [-0.2, 0) is 6.18 Å². The van der Waals surface area contributed by atoms with E-state index in [0.717, 1.165) is 12.1 Å². The Hall–Kier alpha value is -3.15. The lowest BCUT2D eigenvalue weighted by Crippen LogP contribution is -2.51. The highest BCUT2D eigenvalue weighted by Gasteiger charge is 2.37. The van der Waals surface area contributed by atoms with Crippen molar-refractivity contribution in [3.8, 4) is 11.6 Å². The van der Waals surface area contributed by atoms with Gasteiger partial charge in [-0.15, -0.1) is 0 Å². The number of anilines is 1. The first-order valence-electron chi connectivity index (χ1n) is 8.88. The van der Waals surface area contributed by atoms with Gasteiger partial charge in [0.25, 0.3) is 0 Å². The van der Waals surface area contributed by atoms with Crippen LogP contribution >= 0.6 is 0 Å². The zero-order valence-corrected chi connectivity index (χ0v) is 15.5. The molecule has 0 bridgehead atoms. The maximum Gasteiger partial charge on any atom is 0.433 e. The average Bonchev–Trinajstić information content (AvgIpc) is 2.66. The summed E-state index contributed by atoms with van der Waals surface area (Å²) in [6, 6.07) is 5.49. The van der Waals surface area contributed by atoms with Crippen LogP contribution < -0.4 is 15.0 Å². The van der Waals surface area contributed by atoms with Crippen molar-refractivity contribution in [2.75, 3.05) is 24.5 Å². The third-order valence-electron chi connectivity index (χ3n) is 4.55. The molecular formula is C18H18F4N4O4. The molecule has 0 spiro atoms. The number of amides is 1. The van der Waals surface area contributed by atoms with Gasteiger partial charge >= 0.3 is 12.3 Å². The summed E-state index contributed by atoms with van der Waals surface area (Å²) in [4.78, 5) is 19.6. The third kappa shape index (κ3) is 5.47. The summed E-state index contributed by atoms with van der Waals surface area (Å²) in [7, 11) is 0. The number of benzene rings is 1. The largest absolute Gasteiger partial charge is 0.465 e. The van der Waals surface area contributed by atoms with Crippen LogP contribution in [0.4, 0.5) is 28.3 Å². The summed E-state index contributed by atoms with van der Waals surface area (Å²) < 4.78 is 58.5. The number of halogens is 4. The molecule has 2 heterocycles. The van der Waals surface area contributed by atoms with Crippen molar-refractivity contribution in [2.24, 2.45) is 0 Å². The highest BCUT2D eigenvalue weighted by molar-refractivity contribution is 5.64. The Kier molecular flexibility index (Phi) is 5.97. The number of rotatable bonds is 5. The van der Waals surface area contributed by atoms with E-state index in [2.05, 4.69) is 15.3 Å². The molecule has 1 aliphatic heterocycles. The molecule has 1 saturated heterocycles. The molecule has 0 atom stereocenters. The summed E-state index contributed by atoms with van der Waals surface area (Å²) in [5.41, 5.74) is -2.55. The van der Waals surface area contributed by atoms with Gasteiger partial charge in [0.2, 0.25) is 11.8 Å². The van der Waals surface area contributed by atoms with E-state index in [1.54, 1.807) is 0 Å². The topological polar surface area (TPSA) is 108 Å². The number of nitrogens with one attached hydrogen (secondary N) is 1. The summed E-state index contributed by atoms with van der Waals surface area (Å²) in [5, 5.41) is 21.2. The van der Waals surface area contributed by atoms with Gasteiger partial charge in [0.15, 0.2) is 5.69 Å². The number of nitrogens with zero attached hydrogens (tertiary/aromatic N) is 3. The fourth-order valence-corrected chi connectivity index (χ4v) is 2.94. The molecule has 162 valence electrons. The molecule has 1 amide bonds. The van der Waals surface area contributed by atoms with E-state index < -0.39 is 35.3 Å². The Balaban J connectivity index is 1.81. The van der Waals surface area contributed by atoms with Crippen LogP contribution in [0.3, 0.4) is 0 Å². The second-order valence-electron chi connectivity index (χ2n) is 6.82. The average molecular weight is 430 g/mol. The number of aromatic nitrogens is 2. The number of carboxylic acid groups (broad SMARTS) is 1. The second-order valence-corrected chi connectivity index (χ2v) is 6.82. The molecule has 0 unspecified atom stereocenters. The number of alkyl halides is 3. The minimum absolute atomic E-state index is 0.0273. The zero-order chi connectivity index (χ0) is 21.9. The van der Waals surface area contributed by atoms with Gasteiger partial charge in [-0.1, -0.05) is 6.07 Å². The van der Waals surface area contributed by atoms with Crippen LogP contribution in [-0.4, -0.2) is 51.5 Å². The maximum atomic E-state index is 13.3. The molecular weight excluding hydrogens is 412 g/mol. The first-order chi connectivity index (χ1) is 14.0. The fourth-order valence-electron chi connectivity index (χ4n) is 2.94. The molecule has 1 aromatic carbocycles. The van der Waals surface area contributed by atoms with E-state index >= 15 is 0 Å². The summed E-state index contributed by atoms with van der Waals surface area (Å²) in [5.74, 6) is -1.32. The molecule has 0 saturated carbocycles. The second kappa shape index (κ2) is 8.30. The van der Waals surface area contributed by atoms with E-state index in [4.69, 9.17) is 9.84 Å². The van der Waals surface area contributed by atoms with Crippen LogP contribution in [0.5, 0.6) is 11.6 Å². The quantitative estimate of drug-likeness (QED) is 0.626. The smallest absolute Gasteiger partial charge is 0.433 e. The predicted octanol–water partition coefficient (Wildman–Crippen LogP) is 3.03. The highest BCUT2D eigenvalue weighted by atomic mass is 19.4.